The van der Waals surface area contributed by atoms with E-state index in [0.29, 0.717) is 10.6 Å². The summed E-state index contributed by atoms with van der Waals surface area (Å²) in [6.45, 7) is 0. The van der Waals surface area contributed by atoms with Crippen LogP contribution in [0.3, 0.4) is 0 Å². The largest absolute Gasteiger partial charge is 0.206 e. The van der Waals surface area contributed by atoms with Gasteiger partial charge in [-0.15, -0.1) is 0 Å². The van der Waals surface area contributed by atoms with E-state index in [1.165, 1.54) is 6.07 Å². The molecule has 0 N–H and O–H groups in total. The maximum Gasteiger partial charge on any atom is 0.132 e. The molecule has 98 valence electrons. The van der Waals surface area contributed by atoms with E-state index in [1.54, 1.807) is 12.1 Å². The quantitative estimate of drug-likeness (QED) is 0.556. The SMILES string of the molecule is Fc1cccc(Cl)c1-c1ccc(-c2ccccc2)cc1. The van der Waals surface area contributed by atoms with Crippen molar-refractivity contribution in [1.82, 2.24) is 0 Å². The zero-order valence-corrected chi connectivity index (χ0v) is 11.4. The van der Waals surface area contributed by atoms with Crippen molar-refractivity contribution in [2.75, 3.05) is 0 Å². The Morgan fingerprint density at radius 2 is 1.20 bits per heavy atom. The Balaban J connectivity index is 2.02. The summed E-state index contributed by atoms with van der Waals surface area (Å²) in [5.74, 6) is -0.301. The number of benzene rings is 3. The molecular formula is C18H12ClF. The van der Waals surface area contributed by atoms with Crippen LogP contribution >= 0.6 is 11.6 Å². The number of hydrogen-bond acceptors (Lipinski definition) is 0. The van der Waals surface area contributed by atoms with Gasteiger partial charge in [0, 0.05) is 5.56 Å². The maximum absolute atomic E-state index is 13.9. The Morgan fingerprint density at radius 1 is 0.600 bits per heavy atom. The first-order valence-corrected chi connectivity index (χ1v) is 6.73. The molecule has 3 aromatic carbocycles. The van der Waals surface area contributed by atoms with Crippen LogP contribution in [0.5, 0.6) is 0 Å². The minimum absolute atomic E-state index is 0.301. The van der Waals surface area contributed by atoms with Gasteiger partial charge in [-0.3, -0.25) is 0 Å². The molecule has 0 nitrogen and oxygen atoms in total. The second-order valence-electron chi connectivity index (χ2n) is 4.54. The van der Waals surface area contributed by atoms with Gasteiger partial charge in [0.05, 0.1) is 5.02 Å². The van der Waals surface area contributed by atoms with E-state index in [1.807, 2.05) is 54.6 Å². The molecule has 0 aliphatic rings. The van der Waals surface area contributed by atoms with E-state index in [2.05, 4.69) is 0 Å². The topological polar surface area (TPSA) is 0 Å². The van der Waals surface area contributed by atoms with Gasteiger partial charge in [-0.05, 0) is 28.8 Å². The summed E-state index contributed by atoms with van der Waals surface area (Å²) in [4.78, 5) is 0. The molecule has 0 aliphatic heterocycles. The smallest absolute Gasteiger partial charge is 0.132 e. The number of halogens is 2. The molecule has 0 fully saturated rings. The van der Waals surface area contributed by atoms with Crippen molar-refractivity contribution in [3.63, 3.8) is 0 Å². The van der Waals surface area contributed by atoms with Gasteiger partial charge in [0.1, 0.15) is 5.82 Å². The van der Waals surface area contributed by atoms with E-state index in [4.69, 9.17) is 11.6 Å². The van der Waals surface area contributed by atoms with Crippen molar-refractivity contribution in [3.8, 4) is 22.3 Å². The number of hydrogen-bond donors (Lipinski definition) is 0. The van der Waals surface area contributed by atoms with Gasteiger partial charge in [0.2, 0.25) is 0 Å². The molecule has 0 amide bonds. The lowest BCUT2D eigenvalue weighted by Crippen LogP contribution is -1.86. The summed E-state index contributed by atoms with van der Waals surface area (Å²) in [7, 11) is 0. The molecule has 20 heavy (non-hydrogen) atoms. The Morgan fingerprint density at radius 3 is 1.85 bits per heavy atom. The molecule has 0 heterocycles. The molecule has 0 saturated heterocycles. The highest BCUT2D eigenvalue weighted by Gasteiger charge is 2.09. The minimum atomic E-state index is -0.301. The Kier molecular flexibility index (Phi) is 3.53. The fraction of sp³-hybridized carbons (Fsp3) is 0. The molecule has 0 unspecified atom stereocenters. The van der Waals surface area contributed by atoms with Gasteiger partial charge in [-0.25, -0.2) is 4.39 Å². The molecule has 0 aliphatic carbocycles. The van der Waals surface area contributed by atoms with E-state index in [9.17, 15) is 4.39 Å². The monoisotopic (exact) mass is 282 g/mol. The second-order valence-corrected chi connectivity index (χ2v) is 4.95. The lowest BCUT2D eigenvalue weighted by atomic mass is 10.00. The van der Waals surface area contributed by atoms with Crippen LogP contribution in [0.2, 0.25) is 5.02 Å². The second kappa shape index (κ2) is 5.48. The molecule has 0 spiro atoms. The Hall–Kier alpha value is -2.12. The molecule has 0 aromatic heterocycles. The highest BCUT2D eigenvalue weighted by Crippen LogP contribution is 2.31. The van der Waals surface area contributed by atoms with Crippen molar-refractivity contribution in [1.29, 1.82) is 0 Å². The minimum Gasteiger partial charge on any atom is -0.206 e. The summed E-state index contributed by atoms with van der Waals surface area (Å²) < 4.78 is 13.9. The summed E-state index contributed by atoms with van der Waals surface area (Å²) in [6.07, 6.45) is 0. The first-order chi connectivity index (χ1) is 9.75. The average Bonchev–Trinajstić information content (AvgIpc) is 2.49. The van der Waals surface area contributed by atoms with Crippen LogP contribution in [0, 0.1) is 5.82 Å². The van der Waals surface area contributed by atoms with Crippen molar-refractivity contribution >= 4 is 11.6 Å². The van der Waals surface area contributed by atoms with Crippen molar-refractivity contribution in [2.45, 2.75) is 0 Å². The van der Waals surface area contributed by atoms with Gasteiger partial charge in [0.15, 0.2) is 0 Å². The highest BCUT2D eigenvalue weighted by atomic mass is 35.5. The summed E-state index contributed by atoms with van der Waals surface area (Å²) in [5, 5.41) is 0.428. The van der Waals surface area contributed by atoms with Gasteiger partial charge in [-0.2, -0.15) is 0 Å². The van der Waals surface area contributed by atoms with E-state index >= 15 is 0 Å². The molecule has 3 rings (SSSR count). The van der Waals surface area contributed by atoms with Crippen molar-refractivity contribution in [2.24, 2.45) is 0 Å². The third kappa shape index (κ3) is 2.45. The first kappa shape index (κ1) is 12.9. The molecule has 3 aromatic rings. The average molecular weight is 283 g/mol. The summed E-state index contributed by atoms with van der Waals surface area (Å²) >= 11 is 6.08. The zero-order chi connectivity index (χ0) is 13.9. The third-order valence-corrected chi connectivity index (χ3v) is 3.56. The highest BCUT2D eigenvalue weighted by molar-refractivity contribution is 6.33. The summed E-state index contributed by atoms with van der Waals surface area (Å²) in [5.41, 5.74) is 3.47. The predicted octanol–water partition coefficient (Wildman–Crippen LogP) is 5.81. The zero-order valence-electron chi connectivity index (χ0n) is 10.7. The van der Waals surface area contributed by atoms with Crippen molar-refractivity contribution < 1.29 is 4.39 Å². The third-order valence-electron chi connectivity index (χ3n) is 3.24. The van der Waals surface area contributed by atoms with Gasteiger partial charge < -0.3 is 0 Å². The molecule has 0 radical (unpaired) electrons. The fourth-order valence-corrected chi connectivity index (χ4v) is 2.51. The van der Waals surface area contributed by atoms with Crippen LogP contribution in [-0.2, 0) is 0 Å². The van der Waals surface area contributed by atoms with Gasteiger partial charge in [-0.1, -0.05) is 72.3 Å². The van der Waals surface area contributed by atoms with Crippen LogP contribution in [0.4, 0.5) is 4.39 Å². The van der Waals surface area contributed by atoms with Crippen LogP contribution in [0.15, 0.2) is 72.8 Å². The van der Waals surface area contributed by atoms with E-state index in [0.717, 1.165) is 16.7 Å². The van der Waals surface area contributed by atoms with Crippen LogP contribution in [0.25, 0.3) is 22.3 Å². The normalized spacial score (nSPS) is 10.5. The van der Waals surface area contributed by atoms with Gasteiger partial charge >= 0.3 is 0 Å². The Bertz CT molecular complexity index is 698. The maximum atomic E-state index is 13.9. The molecule has 0 saturated carbocycles. The molecule has 0 atom stereocenters. The molecule has 2 heteroatoms. The van der Waals surface area contributed by atoms with E-state index < -0.39 is 0 Å². The fourth-order valence-electron chi connectivity index (χ4n) is 2.23. The Labute approximate surface area is 122 Å². The van der Waals surface area contributed by atoms with Crippen LogP contribution in [0.1, 0.15) is 0 Å². The van der Waals surface area contributed by atoms with Crippen molar-refractivity contribution in [3.05, 3.63) is 83.6 Å². The van der Waals surface area contributed by atoms with Crippen LogP contribution < -0.4 is 0 Å². The lowest BCUT2D eigenvalue weighted by molar-refractivity contribution is 0.631. The van der Waals surface area contributed by atoms with Crippen LogP contribution in [-0.4, -0.2) is 0 Å². The predicted molar refractivity (Wildman–Crippen MR) is 82.3 cm³/mol. The molecular weight excluding hydrogens is 271 g/mol. The van der Waals surface area contributed by atoms with Gasteiger partial charge in [0.25, 0.3) is 0 Å². The standard InChI is InChI=1S/C18H12ClF/c19-16-7-4-8-17(20)18(16)15-11-9-14(10-12-15)13-5-2-1-3-6-13/h1-12H. The lowest BCUT2D eigenvalue weighted by Gasteiger charge is -2.07. The number of rotatable bonds is 2. The molecule has 0 bridgehead atoms. The summed E-state index contributed by atoms with van der Waals surface area (Å²) in [6, 6.07) is 22.6. The first-order valence-electron chi connectivity index (χ1n) is 6.35. The van der Waals surface area contributed by atoms with E-state index in [-0.39, 0.29) is 5.82 Å².